The lowest BCUT2D eigenvalue weighted by Crippen LogP contribution is -2.52. The molecule has 1 aliphatic heterocycles. The van der Waals surface area contributed by atoms with Crippen LogP contribution in [0.1, 0.15) is 33.1 Å². The SMILES string of the molecule is CCCC(=O)N1CC[C@@H](C)[C@@H](N(C)c2ncnc3[nH]ccc23)C1. The number of H-pyrrole nitrogens is 1. The number of amides is 1. The van der Waals surface area contributed by atoms with Crippen molar-refractivity contribution in [3.8, 4) is 0 Å². The first kappa shape index (κ1) is 15.8. The summed E-state index contributed by atoms with van der Waals surface area (Å²) in [5.41, 5.74) is 0.851. The fraction of sp³-hybridized carbons (Fsp3) is 0.588. The minimum atomic E-state index is 0.271. The van der Waals surface area contributed by atoms with Crippen LogP contribution in [0.4, 0.5) is 5.82 Å². The number of aromatic amines is 1. The van der Waals surface area contributed by atoms with Gasteiger partial charge in [0.2, 0.25) is 5.91 Å². The molecule has 1 aliphatic rings. The Kier molecular flexibility index (Phi) is 4.50. The highest BCUT2D eigenvalue weighted by atomic mass is 16.2. The molecule has 0 unspecified atom stereocenters. The number of nitrogens with zero attached hydrogens (tertiary/aromatic N) is 4. The Balaban J connectivity index is 1.83. The molecule has 0 spiro atoms. The van der Waals surface area contributed by atoms with Gasteiger partial charge in [0, 0.05) is 32.8 Å². The number of nitrogens with one attached hydrogen (secondary N) is 1. The van der Waals surface area contributed by atoms with E-state index < -0.39 is 0 Å². The molecular formula is C17H25N5O. The minimum Gasteiger partial charge on any atom is -0.354 e. The highest BCUT2D eigenvalue weighted by Gasteiger charge is 2.32. The standard InChI is InChI=1S/C17H25N5O/c1-4-5-15(23)22-9-7-12(2)14(10-22)21(3)17-13-6-8-18-16(13)19-11-20-17/h6,8,11-12,14H,4-5,7,9-10H2,1-3H3,(H,18,19,20)/t12-,14+/m1/s1. The maximum Gasteiger partial charge on any atom is 0.222 e. The summed E-state index contributed by atoms with van der Waals surface area (Å²) in [6, 6.07) is 2.28. The van der Waals surface area contributed by atoms with Gasteiger partial charge in [-0.15, -0.1) is 0 Å². The molecule has 0 radical (unpaired) electrons. The third-order valence-corrected chi connectivity index (χ3v) is 4.90. The molecule has 6 heteroatoms. The zero-order valence-electron chi connectivity index (χ0n) is 14.1. The molecule has 6 nitrogen and oxygen atoms in total. The molecule has 0 aromatic carbocycles. The number of likely N-dealkylation sites (tertiary alicyclic amines) is 1. The van der Waals surface area contributed by atoms with E-state index in [1.165, 1.54) is 0 Å². The first-order valence-corrected chi connectivity index (χ1v) is 8.40. The van der Waals surface area contributed by atoms with E-state index in [4.69, 9.17) is 0 Å². The van der Waals surface area contributed by atoms with Gasteiger partial charge in [0.1, 0.15) is 17.8 Å². The molecule has 2 atom stereocenters. The molecule has 1 amide bonds. The zero-order chi connectivity index (χ0) is 16.4. The third kappa shape index (κ3) is 3.02. The Hall–Kier alpha value is -2.11. The molecule has 1 saturated heterocycles. The van der Waals surface area contributed by atoms with Gasteiger partial charge < -0.3 is 14.8 Å². The van der Waals surface area contributed by atoms with Crippen LogP contribution in [0.25, 0.3) is 11.0 Å². The predicted octanol–water partition coefficient (Wildman–Crippen LogP) is 2.43. The molecule has 0 bridgehead atoms. The van der Waals surface area contributed by atoms with Crippen molar-refractivity contribution in [2.24, 2.45) is 5.92 Å². The van der Waals surface area contributed by atoms with Gasteiger partial charge in [0.25, 0.3) is 0 Å². The van der Waals surface area contributed by atoms with Gasteiger partial charge in [-0.05, 0) is 24.8 Å². The van der Waals surface area contributed by atoms with Crippen molar-refractivity contribution in [3.63, 3.8) is 0 Å². The average Bonchev–Trinajstić information content (AvgIpc) is 3.03. The summed E-state index contributed by atoms with van der Waals surface area (Å²) in [7, 11) is 2.07. The summed E-state index contributed by atoms with van der Waals surface area (Å²) in [6.07, 6.45) is 6.06. The number of fused-ring (bicyclic) bond motifs is 1. The molecule has 0 saturated carbocycles. The van der Waals surface area contributed by atoms with Gasteiger partial charge in [-0.1, -0.05) is 13.8 Å². The highest BCUT2D eigenvalue weighted by Crippen LogP contribution is 2.28. The number of likely N-dealkylation sites (N-methyl/N-ethyl adjacent to an activating group) is 1. The lowest BCUT2D eigenvalue weighted by molar-refractivity contribution is -0.132. The van der Waals surface area contributed by atoms with E-state index in [0.717, 1.165) is 42.8 Å². The molecule has 0 aliphatic carbocycles. The first-order chi connectivity index (χ1) is 11.1. The van der Waals surface area contributed by atoms with Crippen LogP contribution in [0.3, 0.4) is 0 Å². The minimum absolute atomic E-state index is 0.271. The molecule has 1 N–H and O–H groups in total. The molecule has 3 rings (SSSR count). The number of carbonyl (C=O) groups is 1. The van der Waals surface area contributed by atoms with Crippen molar-refractivity contribution in [2.45, 2.75) is 39.2 Å². The Labute approximate surface area is 136 Å². The average molecular weight is 315 g/mol. The van der Waals surface area contributed by atoms with Crippen LogP contribution in [0, 0.1) is 5.92 Å². The Morgan fingerprint density at radius 3 is 3.09 bits per heavy atom. The Morgan fingerprint density at radius 1 is 1.48 bits per heavy atom. The molecule has 23 heavy (non-hydrogen) atoms. The van der Waals surface area contributed by atoms with Crippen LogP contribution < -0.4 is 4.90 Å². The Morgan fingerprint density at radius 2 is 2.30 bits per heavy atom. The maximum absolute atomic E-state index is 12.3. The number of hydrogen-bond donors (Lipinski definition) is 1. The fourth-order valence-corrected chi connectivity index (χ4v) is 3.45. The number of hydrogen-bond acceptors (Lipinski definition) is 4. The second-order valence-corrected chi connectivity index (χ2v) is 6.47. The number of carbonyl (C=O) groups excluding carboxylic acids is 1. The number of piperidine rings is 1. The molecule has 1 fully saturated rings. The summed E-state index contributed by atoms with van der Waals surface area (Å²) >= 11 is 0. The van der Waals surface area contributed by atoms with E-state index in [2.05, 4.69) is 40.7 Å². The van der Waals surface area contributed by atoms with Crippen LogP contribution in [0.2, 0.25) is 0 Å². The fourth-order valence-electron chi connectivity index (χ4n) is 3.45. The van der Waals surface area contributed by atoms with Gasteiger partial charge in [-0.2, -0.15) is 0 Å². The van der Waals surface area contributed by atoms with Crippen molar-refractivity contribution in [2.75, 3.05) is 25.0 Å². The quantitative estimate of drug-likeness (QED) is 0.941. The van der Waals surface area contributed by atoms with Crippen LogP contribution in [-0.2, 0) is 4.79 Å². The third-order valence-electron chi connectivity index (χ3n) is 4.90. The molecule has 2 aromatic heterocycles. The van der Waals surface area contributed by atoms with E-state index in [1.807, 2.05) is 17.2 Å². The van der Waals surface area contributed by atoms with Crippen molar-refractivity contribution < 1.29 is 4.79 Å². The summed E-state index contributed by atoms with van der Waals surface area (Å²) in [6.45, 7) is 5.95. The van der Waals surface area contributed by atoms with Crippen LogP contribution in [0.5, 0.6) is 0 Å². The van der Waals surface area contributed by atoms with E-state index in [1.54, 1.807) is 6.33 Å². The van der Waals surface area contributed by atoms with Crippen LogP contribution in [-0.4, -0.2) is 51.9 Å². The zero-order valence-corrected chi connectivity index (χ0v) is 14.1. The topological polar surface area (TPSA) is 65.1 Å². The highest BCUT2D eigenvalue weighted by molar-refractivity contribution is 5.87. The van der Waals surface area contributed by atoms with Crippen molar-refractivity contribution in [3.05, 3.63) is 18.6 Å². The van der Waals surface area contributed by atoms with Gasteiger partial charge in [-0.3, -0.25) is 4.79 Å². The number of rotatable bonds is 4. The molecule has 124 valence electrons. The largest absolute Gasteiger partial charge is 0.354 e. The van der Waals surface area contributed by atoms with Gasteiger partial charge in [0.15, 0.2) is 0 Å². The van der Waals surface area contributed by atoms with Gasteiger partial charge >= 0.3 is 0 Å². The van der Waals surface area contributed by atoms with Crippen molar-refractivity contribution >= 4 is 22.8 Å². The second kappa shape index (κ2) is 6.56. The van der Waals surface area contributed by atoms with Gasteiger partial charge in [-0.25, -0.2) is 9.97 Å². The molecule has 3 heterocycles. The normalized spacial score (nSPS) is 21.6. The summed E-state index contributed by atoms with van der Waals surface area (Å²) in [5.74, 6) is 1.72. The predicted molar refractivity (Wildman–Crippen MR) is 91.3 cm³/mol. The van der Waals surface area contributed by atoms with E-state index in [-0.39, 0.29) is 11.9 Å². The number of anilines is 1. The molecule has 2 aromatic rings. The maximum atomic E-state index is 12.3. The summed E-state index contributed by atoms with van der Waals surface area (Å²) in [4.78, 5) is 28.4. The lowest BCUT2D eigenvalue weighted by Gasteiger charge is -2.42. The second-order valence-electron chi connectivity index (χ2n) is 6.47. The smallest absolute Gasteiger partial charge is 0.222 e. The van der Waals surface area contributed by atoms with E-state index >= 15 is 0 Å². The molecular weight excluding hydrogens is 290 g/mol. The lowest BCUT2D eigenvalue weighted by atomic mass is 9.92. The first-order valence-electron chi connectivity index (χ1n) is 8.40. The summed E-state index contributed by atoms with van der Waals surface area (Å²) in [5, 5.41) is 1.03. The van der Waals surface area contributed by atoms with Crippen molar-refractivity contribution in [1.29, 1.82) is 0 Å². The van der Waals surface area contributed by atoms with Crippen molar-refractivity contribution in [1.82, 2.24) is 19.9 Å². The van der Waals surface area contributed by atoms with Crippen LogP contribution in [0.15, 0.2) is 18.6 Å². The van der Waals surface area contributed by atoms with E-state index in [0.29, 0.717) is 12.3 Å². The summed E-state index contributed by atoms with van der Waals surface area (Å²) < 4.78 is 0. The monoisotopic (exact) mass is 315 g/mol. The Bertz CT molecular complexity index is 682. The van der Waals surface area contributed by atoms with E-state index in [9.17, 15) is 4.79 Å². The number of aromatic nitrogens is 3. The van der Waals surface area contributed by atoms with Crippen LogP contribution >= 0.6 is 0 Å². The van der Waals surface area contributed by atoms with Gasteiger partial charge in [0.05, 0.1) is 11.4 Å².